The van der Waals surface area contributed by atoms with E-state index in [9.17, 15) is 18.8 Å². The molecule has 2 fully saturated rings. The molecule has 1 atom stereocenters. The Morgan fingerprint density at radius 2 is 1.47 bits per heavy atom. The Morgan fingerprint density at radius 1 is 0.882 bits per heavy atom. The fourth-order valence-corrected chi connectivity index (χ4v) is 4.52. The van der Waals surface area contributed by atoms with Crippen molar-refractivity contribution in [3.8, 4) is 0 Å². The number of hydrogen-bond acceptors (Lipinski definition) is 4. The first kappa shape index (κ1) is 24.2. The third kappa shape index (κ3) is 5.74. The number of rotatable bonds is 5. The average Bonchev–Trinajstić information content (AvgIpc) is 2.88. The van der Waals surface area contributed by atoms with Gasteiger partial charge in [0.2, 0.25) is 5.91 Å². The minimum absolute atomic E-state index is 0.0819. The Morgan fingerprint density at radius 3 is 2.09 bits per heavy atom. The molecule has 2 heterocycles. The quantitative estimate of drug-likeness (QED) is 0.703. The molecule has 0 spiro atoms. The second-order valence-electron chi connectivity index (χ2n) is 8.53. The summed E-state index contributed by atoms with van der Waals surface area (Å²) >= 11 is 5.92. The average molecular weight is 488 g/mol. The summed E-state index contributed by atoms with van der Waals surface area (Å²) < 4.78 is 18.6. The van der Waals surface area contributed by atoms with Crippen LogP contribution in [0.1, 0.15) is 33.6 Å². The molecule has 3 amide bonds. The van der Waals surface area contributed by atoms with Gasteiger partial charge in [-0.1, -0.05) is 11.6 Å². The van der Waals surface area contributed by atoms with Crippen LogP contribution >= 0.6 is 11.6 Å². The zero-order valence-electron chi connectivity index (χ0n) is 18.7. The number of amides is 3. The summed E-state index contributed by atoms with van der Waals surface area (Å²) in [5, 5.41) is 3.46. The van der Waals surface area contributed by atoms with E-state index in [0.717, 1.165) is 0 Å². The van der Waals surface area contributed by atoms with Crippen molar-refractivity contribution < 1.29 is 23.5 Å². The van der Waals surface area contributed by atoms with Crippen molar-refractivity contribution in [1.82, 2.24) is 15.1 Å². The molecule has 1 unspecified atom stereocenters. The zero-order valence-corrected chi connectivity index (χ0v) is 19.5. The van der Waals surface area contributed by atoms with Crippen molar-refractivity contribution in [3.63, 3.8) is 0 Å². The van der Waals surface area contributed by atoms with E-state index in [-0.39, 0.29) is 23.3 Å². The van der Waals surface area contributed by atoms with Crippen molar-refractivity contribution in [3.05, 3.63) is 70.5 Å². The first-order valence-corrected chi connectivity index (χ1v) is 11.8. The van der Waals surface area contributed by atoms with Gasteiger partial charge in [0, 0.05) is 42.3 Å². The van der Waals surface area contributed by atoms with E-state index in [1.165, 1.54) is 24.3 Å². The maximum Gasteiger partial charge on any atom is 0.253 e. The van der Waals surface area contributed by atoms with Gasteiger partial charge in [0.1, 0.15) is 11.9 Å². The van der Waals surface area contributed by atoms with Crippen LogP contribution < -0.4 is 5.32 Å². The summed E-state index contributed by atoms with van der Waals surface area (Å²) in [6.07, 6.45) is 1.15. The summed E-state index contributed by atoms with van der Waals surface area (Å²) in [7, 11) is 0. The van der Waals surface area contributed by atoms with E-state index in [1.807, 2.05) is 0 Å². The molecule has 0 aliphatic carbocycles. The van der Waals surface area contributed by atoms with Gasteiger partial charge in [-0.15, -0.1) is 0 Å². The third-order valence-electron chi connectivity index (χ3n) is 6.37. The highest BCUT2D eigenvalue weighted by Gasteiger charge is 2.36. The number of likely N-dealkylation sites (tertiary alicyclic amines) is 1. The molecule has 2 aromatic carbocycles. The standard InChI is InChI=1S/C25H27ClFN3O4/c26-20-5-1-19(2-6-20)24(32)29-11-9-17(10-12-29)22(25(33)30-13-15-34-16-14-30)28-23(31)18-3-7-21(27)8-4-18/h1-8,17,22H,9-16H2,(H,28,31). The molecule has 0 saturated carbocycles. The van der Waals surface area contributed by atoms with Gasteiger partial charge in [-0.25, -0.2) is 4.39 Å². The Balaban J connectivity index is 1.45. The van der Waals surface area contributed by atoms with Gasteiger partial charge >= 0.3 is 0 Å². The van der Waals surface area contributed by atoms with Crippen LogP contribution in [-0.2, 0) is 9.53 Å². The Hall–Kier alpha value is -2.97. The van der Waals surface area contributed by atoms with Crippen LogP contribution in [0.5, 0.6) is 0 Å². The highest BCUT2D eigenvalue weighted by molar-refractivity contribution is 6.30. The fourth-order valence-electron chi connectivity index (χ4n) is 4.40. The number of halogens is 2. The molecule has 1 N–H and O–H groups in total. The number of carbonyl (C=O) groups is 3. The van der Waals surface area contributed by atoms with Crippen LogP contribution in [-0.4, -0.2) is 73.0 Å². The number of morpholine rings is 1. The topological polar surface area (TPSA) is 79.0 Å². The zero-order chi connectivity index (χ0) is 24.1. The summed E-state index contributed by atoms with van der Waals surface area (Å²) in [5.74, 6) is -1.22. The van der Waals surface area contributed by atoms with Gasteiger partial charge in [-0.2, -0.15) is 0 Å². The number of carbonyl (C=O) groups excluding carboxylic acids is 3. The van der Waals surface area contributed by atoms with E-state index in [2.05, 4.69) is 5.32 Å². The third-order valence-corrected chi connectivity index (χ3v) is 6.62. The van der Waals surface area contributed by atoms with Crippen molar-refractivity contribution >= 4 is 29.3 Å². The number of hydrogen-bond donors (Lipinski definition) is 1. The minimum Gasteiger partial charge on any atom is -0.378 e. The normalized spacial score (nSPS) is 17.8. The van der Waals surface area contributed by atoms with Gasteiger partial charge < -0.3 is 19.9 Å². The first-order valence-electron chi connectivity index (χ1n) is 11.4. The second-order valence-corrected chi connectivity index (χ2v) is 8.97. The SMILES string of the molecule is O=C(NC(C(=O)N1CCOCC1)C1CCN(C(=O)c2ccc(Cl)cc2)CC1)c1ccc(F)cc1. The molecular formula is C25H27ClFN3O4. The van der Waals surface area contributed by atoms with Crippen molar-refractivity contribution in [2.45, 2.75) is 18.9 Å². The van der Waals surface area contributed by atoms with Crippen LogP contribution in [0, 0.1) is 11.7 Å². The highest BCUT2D eigenvalue weighted by Crippen LogP contribution is 2.24. The maximum absolute atomic E-state index is 13.4. The largest absolute Gasteiger partial charge is 0.378 e. The number of benzene rings is 2. The van der Waals surface area contributed by atoms with Crippen molar-refractivity contribution in [2.75, 3.05) is 39.4 Å². The predicted molar refractivity (Wildman–Crippen MR) is 125 cm³/mol. The first-order chi connectivity index (χ1) is 16.4. The van der Waals surface area contributed by atoms with Crippen LogP contribution in [0.4, 0.5) is 4.39 Å². The van der Waals surface area contributed by atoms with E-state index in [1.54, 1.807) is 34.1 Å². The fraction of sp³-hybridized carbons (Fsp3) is 0.400. The van der Waals surface area contributed by atoms with Gasteiger partial charge in [0.15, 0.2) is 0 Å². The van der Waals surface area contributed by atoms with Crippen LogP contribution in [0.25, 0.3) is 0 Å². The molecule has 0 radical (unpaired) electrons. The lowest BCUT2D eigenvalue weighted by molar-refractivity contribution is -0.139. The van der Waals surface area contributed by atoms with Gasteiger partial charge in [0.25, 0.3) is 11.8 Å². The van der Waals surface area contributed by atoms with Gasteiger partial charge in [-0.05, 0) is 67.3 Å². The molecule has 2 saturated heterocycles. The molecule has 9 heteroatoms. The molecule has 180 valence electrons. The monoisotopic (exact) mass is 487 g/mol. The number of ether oxygens (including phenoxy) is 1. The molecule has 34 heavy (non-hydrogen) atoms. The predicted octanol–water partition coefficient (Wildman–Crippen LogP) is 2.99. The summed E-state index contributed by atoms with van der Waals surface area (Å²) in [4.78, 5) is 42.6. The molecule has 7 nitrogen and oxygen atoms in total. The smallest absolute Gasteiger partial charge is 0.253 e. The molecule has 0 bridgehead atoms. The van der Waals surface area contributed by atoms with Crippen LogP contribution in [0.2, 0.25) is 5.02 Å². The molecule has 0 aromatic heterocycles. The maximum atomic E-state index is 13.4. The summed E-state index contributed by atoms with van der Waals surface area (Å²) in [6, 6.07) is 11.3. The Bertz CT molecular complexity index is 1020. The lowest BCUT2D eigenvalue weighted by Crippen LogP contribution is -2.56. The van der Waals surface area contributed by atoms with Crippen molar-refractivity contribution in [1.29, 1.82) is 0 Å². The van der Waals surface area contributed by atoms with E-state index < -0.39 is 17.8 Å². The Kier molecular flexibility index (Phi) is 7.80. The highest BCUT2D eigenvalue weighted by atomic mass is 35.5. The van der Waals surface area contributed by atoms with Crippen LogP contribution in [0.15, 0.2) is 48.5 Å². The lowest BCUT2D eigenvalue weighted by atomic mass is 9.87. The van der Waals surface area contributed by atoms with Gasteiger partial charge in [0.05, 0.1) is 13.2 Å². The Labute approximate surface area is 202 Å². The van der Waals surface area contributed by atoms with E-state index in [0.29, 0.717) is 62.8 Å². The summed E-state index contributed by atoms with van der Waals surface area (Å²) in [6.45, 7) is 2.80. The van der Waals surface area contributed by atoms with E-state index >= 15 is 0 Å². The van der Waals surface area contributed by atoms with Crippen LogP contribution in [0.3, 0.4) is 0 Å². The molecule has 4 rings (SSSR count). The lowest BCUT2D eigenvalue weighted by Gasteiger charge is -2.38. The van der Waals surface area contributed by atoms with E-state index in [4.69, 9.17) is 16.3 Å². The molecular weight excluding hydrogens is 461 g/mol. The number of nitrogens with zero attached hydrogens (tertiary/aromatic N) is 2. The number of nitrogens with one attached hydrogen (secondary N) is 1. The summed E-state index contributed by atoms with van der Waals surface area (Å²) in [5.41, 5.74) is 0.852. The van der Waals surface area contributed by atoms with Crippen molar-refractivity contribution in [2.24, 2.45) is 5.92 Å². The molecule has 2 aliphatic heterocycles. The number of piperidine rings is 1. The van der Waals surface area contributed by atoms with Gasteiger partial charge in [-0.3, -0.25) is 14.4 Å². The molecule has 2 aliphatic rings. The second kappa shape index (κ2) is 11.0. The molecule has 2 aromatic rings. The minimum atomic E-state index is -0.733.